The molecule has 3 rings (SSSR count). The highest BCUT2D eigenvalue weighted by molar-refractivity contribution is 6.01. The van der Waals surface area contributed by atoms with Crippen LogP contribution in [0.2, 0.25) is 0 Å². The van der Waals surface area contributed by atoms with Crippen LogP contribution in [0.1, 0.15) is 15.9 Å². The fourth-order valence-corrected chi connectivity index (χ4v) is 2.36. The molecule has 21 heavy (non-hydrogen) atoms. The van der Waals surface area contributed by atoms with E-state index in [2.05, 4.69) is 0 Å². The molecule has 0 fully saturated rings. The summed E-state index contributed by atoms with van der Waals surface area (Å²) in [7, 11) is 1.60. The number of Topliss-reactive ketones (excluding diaryl/α,β-unsaturated/α-hetero) is 1. The minimum Gasteiger partial charge on any atom is -0.497 e. The van der Waals surface area contributed by atoms with Crippen LogP contribution >= 0.6 is 0 Å². The largest absolute Gasteiger partial charge is 0.497 e. The SMILES string of the molecule is COc1ccc(C(=O)C2COc3ccccc3O2)c(C)c1. The summed E-state index contributed by atoms with van der Waals surface area (Å²) in [5.41, 5.74) is 1.49. The number of aryl methyl sites for hydroxylation is 1. The Balaban J connectivity index is 1.84. The molecule has 108 valence electrons. The Labute approximate surface area is 123 Å². The quantitative estimate of drug-likeness (QED) is 0.813. The van der Waals surface area contributed by atoms with Crippen LogP contribution in [-0.4, -0.2) is 25.6 Å². The van der Waals surface area contributed by atoms with Crippen molar-refractivity contribution in [3.63, 3.8) is 0 Å². The molecule has 4 nitrogen and oxygen atoms in total. The van der Waals surface area contributed by atoms with E-state index in [0.717, 1.165) is 11.3 Å². The van der Waals surface area contributed by atoms with Gasteiger partial charge in [-0.15, -0.1) is 0 Å². The zero-order valence-electron chi connectivity index (χ0n) is 12.0. The molecule has 4 heteroatoms. The highest BCUT2D eigenvalue weighted by Crippen LogP contribution is 2.32. The van der Waals surface area contributed by atoms with E-state index in [-0.39, 0.29) is 12.4 Å². The lowest BCUT2D eigenvalue weighted by Gasteiger charge is -2.25. The van der Waals surface area contributed by atoms with Crippen molar-refractivity contribution in [2.75, 3.05) is 13.7 Å². The minimum absolute atomic E-state index is 0.0790. The number of ketones is 1. The first-order valence-corrected chi connectivity index (χ1v) is 6.76. The molecule has 0 amide bonds. The number of para-hydroxylation sites is 2. The van der Waals surface area contributed by atoms with E-state index in [1.54, 1.807) is 25.3 Å². The molecule has 2 aromatic carbocycles. The normalized spacial score (nSPS) is 16.4. The lowest BCUT2D eigenvalue weighted by molar-refractivity contribution is 0.0585. The molecule has 0 saturated heterocycles. The topological polar surface area (TPSA) is 44.8 Å². The third-order valence-corrected chi connectivity index (χ3v) is 3.50. The Hall–Kier alpha value is -2.49. The maximum Gasteiger partial charge on any atom is 0.207 e. The van der Waals surface area contributed by atoms with Crippen molar-refractivity contribution in [2.24, 2.45) is 0 Å². The van der Waals surface area contributed by atoms with Gasteiger partial charge in [0.25, 0.3) is 0 Å². The first-order chi connectivity index (χ1) is 10.2. The predicted molar refractivity (Wildman–Crippen MR) is 78.4 cm³/mol. The Morgan fingerprint density at radius 2 is 1.95 bits per heavy atom. The van der Waals surface area contributed by atoms with E-state index in [0.29, 0.717) is 17.1 Å². The third-order valence-electron chi connectivity index (χ3n) is 3.50. The second-order valence-electron chi connectivity index (χ2n) is 4.91. The number of hydrogen-bond donors (Lipinski definition) is 0. The maximum absolute atomic E-state index is 12.6. The minimum atomic E-state index is -0.619. The fourth-order valence-electron chi connectivity index (χ4n) is 2.36. The van der Waals surface area contributed by atoms with Gasteiger partial charge in [0.2, 0.25) is 5.78 Å². The van der Waals surface area contributed by atoms with Gasteiger partial charge in [-0.1, -0.05) is 12.1 Å². The van der Waals surface area contributed by atoms with Gasteiger partial charge >= 0.3 is 0 Å². The first kappa shape index (κ1) is 13.5. The molecule has 1 heterocycles. The van der Waals surface area contributed by atoms with Crippen LogP contribution in [0.15, 0.2) is 42.5 Å². The molecule has 1 aliphatic heterocycles. The molecule has 0 aromatic heterocycles. The summed E-state index contributed by atoms with van der Waals surface area (Å²) in [6, 6.07) is 12.7. The van der Waals surface area contributed by atoms with Crippen molar-refractivity contribution >= 4 is 5.78 Å². The van der Waals surface area contributed by atoms with Gasteiger partial charge in [0.1, 0.15) is 12.4 Å². The smallest absolute Gasteiger partial charge is 0.207 e. The van der Waals surface area contributed by atoms with Gasteiger partial charge in [-0.3, -0.25) is 4.79 Å². The van der Waals surface area contributed by atoms with Gasteiger partial charge in [0.05, 0.1) is 7.11 Å². The number of carbonyl (C=O) groups excluding carboxylic acids is 1. The van der Waals surface area contributed by atoms with Gasteiger partial charge in [0.15, 0.2) is 17.6 Å². The molecular weight excluding hydrogens is 268 g/mol. The highest BCUT2D eigenvalue weighted by Gasteiger charge is 2.28. The van der Waals surface area contributed by atoms with Crippen LogP contribution in [0, 0.1) is 6.92 Å². The molecule has 2 aromatic rings. The molecular formula is C17H16O4. The van der Waals surface area contributed by atoms with Crippen LogP contribution in [0.5, 0.6) is 17.2 Å². The van der Waals surface area contributed by atoms with Crippen molar-refractivity contribution in [3.8, 4) is 17.2 Å². The van der Waals surface area contributed by atoms with Gasteiger partial charge in [-0.05, 0) is 42.8 Å². The van der Waals surface area contributed by atoms with Crippen LogP contribution in [-0.2, 0) is 0 Å². The van der Waals surface area contributed by atoms with Gasteiger partial charge in [-0.2, -0.15) is 0 Å². The molecule has 1 unspecified atom stereocenters. The second kappa shape index (κ2) is 5.48. The number of hydrogen-bond acceptors (Lipinski definition) is 4. The molecule has 0 bridgehead atoms. The summed E-state index contributed by atoms with van der Waals surface area (Å²) in [4.78, 5) is 12.6. The van der Waals surface area contributed by atoms with E-state index in [1.807, 2.05) is 31.2 Å². The standard InChI is InChI=1S/C17H16O4/c1-11-9-12(19-2)7-8-13(11)17(18)16-10-20-14-5-3-4-6-15(14)21-16/h3-9,16H,10H2,1-2H3. The molecule has 0 spiro atoms. The van der Waals surface area contributed by atoms with Crippen molar-refractivity contribution in [3.05, 3.63) is 53.6 Å². The van der Waals surface area contributed by atoms with E-state index in [4.69, 9.17) is 14.2 Å². The number of fused-ring (bicyclic) bond motifs is 1. The maximum atomic E-state index is 12.6. The van der Waals surface area contributed by atoms with E-state index >= 15 is 0 Å². The third kappa shape index (κ3) is 2.57. The number of benzene rings is 2. The molecule has 0 radical (unpaired) electrons. The lowest BCUT2D eigenvalue weighted by Crippen LogP contribution is -2.36. The predicted octanol–water partition coefficient (Wildman–Crippen LogP) is 3.03. The van der Waals surface area contributed by atoms with Crippen molar-refractivity contribution in [2.45, 2.75) is 13.0 Å². The van der Waals surface area contributed by atoms with Crippen molar-refractivity contribution < 1.29 is 19.0 Å². The van der Waals surface area contributed by atoms with Gasteiger partial charge < -0.3 is 14.2 Å². The average Bonchev–Trinajstić information content (AvgIpc) is 2.53. The Morgan fingerprint density at radius 1 is 1.19 bits per heavy atom. The van der Waals surface area contributed by atoms with Gasteiger partial charge in [0, 0.05) is 5.56 Å². The Bertz CT molecular complexity index is 678. The monoisotopic (exact) mass is 284 g/mol. The zero-order valence-corrected chi connectivity index (χ0v) is 12.0. The molecule has 0 aliphatic carbocycles. The van der Waals surface area contributed by atoms with E-state index in [9.17, 15) is 4.79 Å². The van der Waals surface area contributed by atoms with Crippen molar-refractivity contribution in [1.29, 1.82) is 0 Å². The number of ether oxygens (including phenoxy) is 3. The second-order valence-corrected chi connectivity index (χ2v) is 4.91. The summed E-state index contributed by atoms with van der Waals surface area (Å²) in [6.07, 6.45) is -0.619. The number of carbonyl (C=O) groups is 1. The summed E-state index contributed by atoms with van der Waals surface area (Å²) in [5, 5.41) is 0. The molecule has 1 atom stereocenters. The van der Waals surface area contributed by atoms with Crippen LogP contribution in [0.4, 0.5) is 0 Å². The molecule has 0 N–H and O–H groups in total. The fraction of sp³-hybridized carbons (Fsp3) is 0.235. The van der Waals surface area contributed by atoms with Crippen molar-refractivity contribution in [1.82, 2.24) is 0 Å². The zero-order chi connectivity index (χ0) is 14.8. The van der Waals surface area contributed by atoms with Crippen LogP contribution < -0.4 is 14.2 Å². The Kier molecular flexibility index (Phi) is 3.52. The first-order valence-electron chi connectivity index (χ1n) is 6.76. The lowest BCUT2D eigenvalue weighted by atomic mass is 10.0. The Morgan fingerprint density at radius 3 is 2.67 bits per heavy atom. The molecule has 1 aliphatic rings. The van der Waals surface area contributed by atoms with E-state index < -0.39 is 6.10 Å². The number of rotatable bonds is 3. The summed E-state index contributed by atoms with van der Waals surface area (Å²) in [5.74, 6) is 1.93. The summed E-state index contributed by atoms with van der Waals surface area (Å²) >= 11 is 0. The summed E-state index contributed by atoms with van der Waals surface area (Å²) < 4.78 is 16.5. The van der Waals surface area contributed by atoms with Gasteiger partial charge in [-0.25, -0.2) is 0 Å². The highest BCUT2D eigenvalue weighted by atomic mass is 16.6. The molecule has 0 saturated carbocycles. The summed E-state index contributed by atoms with van der Waals surface area (Å²) in [6.45, 7) is 2.11. The average molecular weight is 284 g/mol. The van der Waals surface area contributed by atoms with Crippen LogP contribution in [0.3, 0.4) is 0 Å². The number of methoxy groups -OCH3 is 1. The van der Waals surface area contributed by atoms with E-state index in [1.165, 1.54) is 0 Å². The van der Waals surface area contributed by atoms with Crippen LogP contribution in [0.25, 0.3) is 0 Å².